The first kappa shape index (κ1) is 21.2. The fourth-order valence-electron chi connectivity index (χ4n) is 3.70. The number of hydrogen-bond donors (Lipinski definition) is 3. The maximum atomic E-state index is 12.1. The third-order valence-electron chi connectivity index (χ3n) is 5.27. The van der Waals surface area contributed by atoms with Crippen LogP contribution in [0.5, 0.6) is 0 Å². The van der Waals surface area contributed by atoms with Crippen LogP contribution in [-0.4, -0.2) is 80.9 Å². The fourth-order valence-corrected chi connectivity index (χ4v) is 3.70. The van der Waals surface area contributed by atoms with Gasteiger partial charge in [0.1, 0.15) is 5.54 Å². The number of aliphatic imine (C=N–C) groups is 1. The second kappa shape index (κ2) is 9.18. The molecule has 3 saturated heterocycles. The van der Waals surface area contributed by atoms with Crippen molar-refractivity contribution in [3.63, 3.8) is 0 Å². The molecule has 2 atom stereocenters. The number of amides is 3. The number of carbonyl (C=O) groups is 2. The summed E-state index contributed by atoms with van der Waals surface area (Å²) in [6, 6.07) is -0.401. The Kier molecular flexibility index (Phi) is 7.47. The lowest BCUT2D eigenvalue weighted by Gasteiger charge is -2.40. The summed E-state index contributed by atoms with van der Waals surface area (Å²) in [6.07, 6.45) is 1.67. The first-order chi connectivity index (χ1) is 12.0. The minimum Gasteiger partial charge on any atom is -0.376 e. The average molecular weight is 481 g/mol. The summed E-state index contributed by atoms with van der Waals surface area (Å²) in [7, 11) is 1.76. The molecule has 3 heterocycles. The Morgan fingerprint density at radius 3 is 2.62 bits per heavy atom. The van der Waals surface area contributed by atoms with Gasteiger partial charge in [0, 0.05) is 26.7 Å². The summed E-state index contributed by atoms with van der Waals surface area (Å²) in [5, 5.41) is 8.46. The minimum atomic E-state index is -0.812. The Morgan fingerprint density at radius 1 is 1.35 bits per heavy atom. The van der Waals surface area contributed by atoms with E-state index in [1.165, 1.54) is 0 Å². The second-order valence-corrected chi connectivity index (χ2v) is 6.87. The van der Waals surface area contributed by atoms with E-state index >= 15 is 0 Å². The summed E-state index contributed by atoms with van der Waals surface area (Å²) in [6.45, 7) is 5.91. The number of piperidine rings is 1. The van der Waals surface area contributed by atoms with Gasteiger partial charge >= 0.3 is 6.03 Å². The zero-order valence-corrected chi connectivity index (χ0v) is 17.6. The highest BCUT2D eigenvalue weighted by Crippen LogP contribution is 2.30. The van der Waals surface area contributed by atoms with Gasteiger partial charge in [-0.3, -0.25) is 15.1 Å². The van der Waals surface area contributed by atoms with Gasteiger partial charge in [0.2, 0.25) is 0 Å². The molecule has 10 heteroatoms. The lowest BCUT2D eigenvalue weighted by atomic mass is 9.79. The van der Waals surface area contributed by atoms with Crippen molar-refractivity contribution in [1.29, 1.82) is 0 Å². The highest BCUT2D eigenvalue weighted by atomic mass is 127. The molecule has 0 radical (unpaired) electrons. The summed E-state index contributed by atoms with van der Waals surface area (Å²) in [4.78, 5) is 30.1. The highest BCUT2D eigenvalue weighted by molar-refractivity contribution is 14.0. The first-order valence-electron chi connectivity index (χ1n) is 8.81. The van der Waals surface area contributed by atoms with Crippen molar-refractivity contribution >= 4 is 41.9 Å². The number of imide groups is 1. The molecule has 3 aliphatic rings. The number of carbonyl (C=O) groups excluding carboxylic acids is 2. The van der Waals surface area contributed by atoms with Gasteiger partial charge in [-0.1, -0.05) is 0 Å². The summed E-state index contributed by atoms with van der Waals surface area (Å²) in [5.74, 6) is 0.717. The maximum Gasteiger partial charge on any atom is 0.322 e. The molecule has 3 fully saturated rings. The van der Waals surface area contributed by atoms with Gasteiger partial charge in [-0.2, -0.15) is 0 Å². The van der Waals surface area contributed by atoms with Gasteiger partial charge in [-0.05, 0) is 25.7 Å². The molecule has 0 bridgehead atoms. The summed E-state index contributed by atoms with van der Waals surface area (Å²) < 4.78 is 11.0. The van der Waals surface area contributed by atoms with Gasteiger partial charge in [0.15, 0.2) is 5.96 Å². The number of rotatable bonds is 3. The number of urea groups is 1. The lowest BCUT2D eigenvalue weighted by Crippen LogP contribution is -2.56. The fraction of sp³-hybridized carbons (Fsp3) is 0.812. The number of hydrogen-bond acceptors (Lipinski definition) is 5. The molecule has 0 aliphatic carbocycles. The number of ether oxygens (including phenoxy) is 2. The molecule has 0 aromatic carbocycles. The van der Waals surface area contributed by atoms with Gasteiger partial charge in [0.25, 0.3) is 5.91 Å². The predicted molar refractivity (Wildman–Crippen MR) is 107 cm³/mol. The van der Waals surface area contributed by atoms with Gasteiger partial charge in [-0.15, -0.1) is 24.0 Å². The third-order valence-corrected chi connectivity index (χ3v) is 5.27. The Morgan fingerprint density at radius 2 is 2.08 bits per heavy atom. The Bertz CT molecular complexity index is 547. The predicted octanol–water partition coefficient (Wildman–Crippen LogP) is -0.0947. The van der Waals surface area contributed by atoms with E-state index in [2.05, 4.69) is 25.8 Å². The van der Waals surface area contributed by atoms with E-state index in [0.29, 0.717) is 26.4 Å². The van der Waals surface area contributed by atoms with Crippen LogP contribution in [-0.2, 0) is 14.3 Å². The van der Waals surface area contributed by atoms with Gasteiger partial charge in [0.05, 0.1) is 25.9 Å². The smallest absolute Gasteiger partial charge is 0.322 e. The third kappa shape index (κ3) is 4.58. The lowest BCUT2D eigenvalue weighted by molar-refractivity contribution is -0.125. The highest BCUT2D eigenvalue weighted by Gasteiger charge is 2.48. The molecule has 3 aliphatic heterocycles. The van der Waals surface area contributed by atoms with Crippen LogP contribution in [0.1, 0.15) is 19.8 Å². The molecule has 2 unspecified atom stereocenters. The van der Waals surface area contributed by atoms with E-state index in [-0.39, 0.29) is 41.9 Å². The molecule has 148 valence electrons. The zero-order valence-electron chi connectivity index (χ0n) is 15.2. The topological polar surface area (TPSA) is 104 Å². The van der Waals surface area contributed by atoms with Crippen molar-refractivity contribution in [2.24, 2.45) is 10.9 Å². The molecule has 0 spiro atoms. The van der Waals surface area contributed by atoms with Crippen molar-refractivity contribution in [3.05, 3.63) is 0 Å². The Balaban J connectivity index is 0.00000243. The first-order valence-corrected chi connectivity index (χ1v) is 8.81. The number of nitrogens with one attached hydrogen (secondary N) is 3. The van der Waals surface area contributed by atoms with Crippen molar-refractivity contribution in [2.45, 2.75) is 31.4 Å². The van der Waals surface area contributed by atoms with E-state index < -0.39 is 11.6 Å². The SMILES string of the molecule is CN=C(NCC1COCCO1)N1CCC(C2(C)NC(=O)NC2=O)CC1.I. The van der Waals surface area contributed by atoms with Crippen LogP contribution >= 0.6 is 24.0 Å². The van der Waals surface area contributed by atoms with Crippen LogP contribution in [0.3, 0.4) is 0 Å². The summed E-state index contributed by atoms with van der Waals surface area (Å²) in [5.41, 5.74) is -0.812. The van der Waals surface area contributed by atoms with E-state index in [1.54, 1.807) is 14.0 Å². The molecule has 0 aromatic rings. The maximum absolute atomic E-state index is 12.1. The van der Waals surface area contributed by atoms with E-state index in [4.69, 9.17) is 9.47 Å². The Labute approximate surface area is 170 Å². The molecular formula is C16H28IN5O4. The van der Waals surface area contributed by atoms with Gasteiger partial charge < -0.3 is 25.0 Å². The van der Waals surface area contributed by atoms with Crippen LogP contribution in [0.2, 0.25) is 0 Å². The molecule has 9 nitrogen and oxygen atoms in total. The molecular weight excluding hydrogens is 453 g/mol. The molecule has 3 N–H and O–H groups in total. The van der Waals surface area contributed by atoms with Crippen molar-refractivity contribution in [3.8, 4) is 0 Å². The van der Waals surface area contributed by atoms with E-state index in [0.717, 1.165) is 31.9 Å². The van der Waals surface area contributed by atoms with Crippen LogP contribution in [0.4, 0.5) is 4.79 Å². The Hall–Kier alpha value is -1.14. The average Bonchev–Trinajstić information content (AvgIpc) is 2.90. The van der Waals surface area contributed by atoms with E-state index in [1.807, 2.05) is 0 Å². The van der Waals surface area contributed by atoms with Crippen molar-refractivity contribution in [1.82, 2.24) is 20.9 Å². The zero-order chi connectivity index (χ0) is 17.9. The molecule has 0 aromatic heterocycles. The number of nitrogens with zero attached hydrogens (tertiary/aromatic N) is 2. The summed E-state index contributed by atoms with van der Waals surface area (Å²) >= 11 is 0. The van der Waals surface area contributed by atoms with Gasteiger partial charge in [-0.25, -0.2) is 4.79 Å². The van der Waals surface area contributed by atoms with Crippen LogP contribution in [0, 0.1) is 5.92 Å². The van der Waals surface area contributed by atoms with E-state index in [9.17, 15) is 9.59 Å². The van der Waals surface area contributed by atoms with Crippen LogP contribution in [0.25, 0.3) is 0 Å². The van der Waals surface area contributed by atoms with Crippen LogP contribution < -0.4 is 16.0 Å². The monoisotopic (exact) mass is 481 g/mol. The molecule has 3 rings (SSSR count). The quantitative estimate of drug-likeness (QED) is 0.225. The number of likely N-dealkylation sites (tertiary alicyclic amines) is 1. The molecule has 26 heavy (non-hydrogen) atoms. The molecule has 3 amide bonds. The molecule has 0 saturated carbocycles. The second-order valence-electron chi connectivity index (χ2n) is 6.87. The minimum absolute atomic E-state index is 0. The van der Waals surface area contributed by atoms with Crippen molar-refractivity contribution in [2.75, 3.05) is 46.5 Å². The van der Waals surface area contributed by atoms with Crippen LogP contribution in [0.15, 0.2) is 4.99 Å². The standard InChI is InChI=1S/C16H27N5O4.HI/c1-16(13(22)19-15(23)20-16)11-3-5-21(6-4-11)14(17-2)18-9-12-10-24-7-8-25-12;/h11-12H,3-10H2,1-2H3,(H,17,18)(H2,19,20,22,23);1H. The normalized spacial score (nSPS) is 30.5. The largest absolute Gasteiger partial charge is 0.376 e. The number of halogens is 1. The van der Waals surface area contributed by atoms with Crippen molar-refractivity contribution < 1.29 is 19.1 Å². The number of guanidine groups is 1.